The molecule has 3 aromatic rings. The minimum atomic E-state index is -1.39. The van der Waals surface area contributed by atoms with Crippen molar-refractivity contribution < 1.29 is 19.7 Å². The van der Waals surface area contributed by atoms with Crippen LogP contribution in [-0.4, -0.2) is 66.6 Å². The van der Waals surface area contributed by atoms with Crippen LogP contribution in [0.4, 0.5) is 0 Å². The first-order valence-corrected chi connectivity index (χ1v) is 9.64. The monoisotopic (exact) mass is 427 g/mol. The van der Waals surface area contributed by atoms with E-state index >= 15 is 0 Å². The predicted molar refractivity (Wildman–Crippen MR) is 109 cm³/mol. The lowest BCUT2D eigenvalue weighted by Crippen LogP contribution is -2.60. The third-order valence-electron chi connectivity index (χ3n) is 5.23. The molecule has 4 atom stereocenters. The summed E-state index contributed by atoms with van der Waals surface area (Å²) >= 11 is 0. The van der Waals surface area contributed by atoms with E-state index in [1.165, 1.54) is 17.0 Å². The fourth-order valence-electron chi connectivity index (χ4n) is 3.53. The van der Waals surface area contributed by atoms with Crippen molar-refractivity contribution in [1.29, 1.82) is 0 Å². The lowest BCUT2D eigenvalue weighted by Gasteiger charge is -2.38. The largest absolute Gasteiger partial charge is 0.388 e. The number of aliphatic hydroxyl groups is 2. The minimum Gasteiger partial charge on any atom is -0.388 e. The summed E-state index contributed by atoms with van der Waals surface area (Å²) in [5.74, 6) is -0.561. The van der Waals surface area contributed by atoms with E-state index in [9.17, 15) is 24.6 Å². The molecule has 11 heteroatoms. The number of nitrogens with one attached hydrogen (secondary N) is 2. The number of amides is 1. The van der Waals surface area contributed by atoms with Crippen LogP contribution in [0.15, 0.2) is 46.2 Å². The van der Waals surface area contributed by atoms with Gasteiger partial charge in [0.15, 0.2) is 0 Å². The van der Waals surface area contributed by atoms with Crippen molar-refractivity contribution in [3.05, 3.63) is 68.9 Å². The Hall–Kier alpha value is -3.41. The molecule has 1 aliphatic rings. The molecule has 0 unspecified atom stereocenters. The topological polar surface area (TPSA) is 159 Å². The van der Waals surface area contributed by atoms with Crippen LogP contribution < -0.4 is 16.6 Å². The van der Waals surface area contributed by atoms with Gasteiger partial charge in [0.25, 0.3) is 11.5 Å². The van der Waals surface area contributed by atoms with Gasteiger partial charge < -0.3 is 20.3 Å². The molecule has 31 heavy (non-hydrogen) atoms. The number of rotatable bonds is 4. The summed E-state index contributed by atoms with van der Waals surface area (Å²) in [6.45, 7) is 1.54. The summed E-state index contributed by atoms with van der Waals surface area (Å²) in [5.41, 5.74) is -0.0530. The quantitative estimate of drug-likeness (QED) is 0.400. The van der Waals surface area contributed by atoms with Crippen molar-refractivity contribution in [2.45, 2.75) is 37.8 Å². The normalized spacial score (nSPS) is 23.6. The molecule has 1 fully saturated rings. The summed E-state index contributed by atoms with van der Waals surface area (Å²) in [6.07, 6.45) is -0.908. The number of aromatic nitrogens is 4. The third-order valence-corrected chi connectivity index (χ3v) is 5.23. The number of fused-ring (bicyclic) bond motifs is 1. The van der Waals surface area contributed by atoms with Crippen molar-refractivity contribution >= 4 is 16.8 Å². The SMILES string of the molecule is Cc1cnc(C(=O)N[C@@H]2CO[C@H](Cn3c(=O)[nH]c(=O)c4ccccc43)[C@@H](O)[C@H]2O)cn1. The maximum atomic E-state index is 12.3. The van der Waals surface area contributed by atoms with E-state index in [1.54, 1.807) is 31.2 Å². The van der Waals surface area contributed by atoms with E-state index in [4.69, 9.17) is 4.74 Å². The van der Waals surface area contributed by atoms with Gasteiger partial charge in [0.05, 0.1) is 42.0 Å². The molecule has 0 spiro atoms. The molecule has 0 aliphatic carbocycles. The summed E-state index contributed by atoms with van der Waals surface area (Å²) in [5, 5.41) is 24.0. The van der Waals surface area contributed by atoms with Gasteiger partial charge in [-0.1, -0.05) is 12.1 Å². The number of para-hydroxylation sites is 1. The number of aromatic amines is 1. The van der Waals surface area contributed by atoms with Crippen LogP contribution in [0.25, 0.3) is 10.9 Å². The number of nitrogens with zero attached hydrogens (tertiary/aromatic N) is 3. The molecule has 1 aromatic carbocycles. The minimum absolute atomic E-state index is 0.0701. The summed E-state index contributed by atoms with van der Waals surface area (Å²) in [6, 6.07) is 5.67. The molecule has 1 amide bonds. The van der Waals surface area contributed by atoms with Crippen molar-refractivity contribution in [3.8, 4) is 0 Å². The number of ether oxygens (including phenoxy) is 1. The highest BCUT2D eigenvalue weighted by atomic mass is 16.5. The smallest absolute Gasteiger partial charge is 0.328 e. The second-order valence-electron chi connectivity index (χ2n) is 7.36. The van der Waals surface area contributed by atoms with Gasteiger partial charge in [-0.25, -0.2) is 9.78 Å². The van der Waals surface area contributed by atoms with Crippen molar-refractivity contribution in [3.63, 3.8) is 0 Å². The molecular formula is C20H21N5O6. The number of aryl methyl sites for hydroxylation is 1. The Morgan fingerprint density at radius 1 is 1.23 bits per heavy atom. The summed E-state index contributed by atoms with van der Waals surface area (Å²) in [7, 11) is 0. The van der Waals surface area contributed by atoms with Crippen LogP contribution in [0.5, 0.6) is 0 Å². The van der Waals surface area contributed by atoms with E-state index in [1.807, 2.05) is 0 Å². The number of H-pyrrole nitrogens is 1. The van der Waals surface area contributed by atoms with Crippen LogP contribution in [0.2, 0.25) is 0 Å². The molecule has 162 valence electrons. The maximum Gasteiger partial charge on any atom is 0.328 e. The first-order valence-electron chi connectivity index (χ1n) is 9.64. The fraction of sp³-hybridized carbons (Fsp3) is 0.350. The second-order valence-corrected chi connectivity index (χ2v) is 7.36. The van der Waals surface area contributed by atoms with Gasteiger partial charge in [-0.05, 0) is 19.1 Å². The van der Waals surface area contributed by atoms with E-state index in [0.29, 0.717) is 16.6 Å². The van der Waals surface area contributed by atoms with Crippen LogP contribution in [0.1, 0.15) is 16.2 Å². The molecule has 1 saturated heterocycles. The highest BCUT2D eigenvalue weighted by Crippen LogP contribution is 2.18. The number of aliphatic hydroxyl groups excluding tert-OH is 2. The first kappa shape index (κ1) is 20.8. The lowest BCUT2D eigenvalue weighted by molar-refractivity contribution is -0.152. The van der Waals surface area contributed by atoms with E-state index < -0.39 is 41.5 Å². The van der Waals surface area contributed by atoms with E-state index in [-0.39, 0.29) is 18.8 Å². The van der Waals surface area contributed by atoms with Crippen LogP contribution in [-0.2, 0) is 11.3 Å². The fourth-order valence-corrected chi connectivity index (χ4v) is 3.53. The Labute approximate surface area is 175 Å². The molecule has 4 N–H and O–H groups in total. The van der Waals surface area contributed by atoms with Crippen molar-refractivity contribution in [1.82, 2.24) is 24.8 Å². The van der Waals surface area contributed by atoms with Gasteiger partial charge in [0, 0.05) is 6.20 Å². The second kappa shape index (κ2) is 8.38. The molecule has 11 nitrogen and oxygen atoms in total. The number of hydrogen-bond donors (Lipinski definition) is 4. The van der Waals surface area contributed by atoms with Crippen molar-refractivity contribution in [2.24, 2.45) is 0 Å². The zero-order valence-electron chi connectivity index (χ0n) is 16.6. The molecule has 2 aromatic heterocycles. The molecule has 3 heterocycles. The van der Waals surface area contributed by atoms with Gasteiger partial charge in [-0.2, -0.15) is 0 Å². The van der Waals surface area contributed by atoms with Gasteiger partial charge in [-0.15, -0.1) is 0 Å². The number of hydrogen-bond acceptors (Lipinski definition) is 8. The van der Waals surface area contributed by atoms with Gasteiger partial charge in [0.2, 0.25) is 0 Å². The molecular weight excluding hydrogens is 406 g/mol. The van der Waals surface area contributed by atoms with E-state index in [2.05, 4.69) is 20.3 Å². The standard InChI is InChI=1S/C20H21N5O6/c1-10-6-22-12(7-21-10)19(29)23-13-9-31-15(17(27)16(13)26)8-25-14-5-3-2-4-11(14)18(28)24-20(25)30/h2-7,13,15-17,26-27H,8-9H2,1H3,(H,23,29)(H,24,28,30)/t13-,15-,16+,17-/m1/s1. The Morgan fingerprint density at radius 2 is 2.00 bits per heavy atom. The average Bonchev–Trinajstić information content (AvgIpc) is 2.76. The molecule has 0 radical (unpaired) electrons. The average molecular weight is 427 g/mol. The highest BCUT2D eigenvalue weighted by molar-refractivity contribution is 5.92. The zero-order valence-corrected chi connectivity index (χ0v) is 16.6. The van der Waals surface area contributed by atoms with Gasteiger partial charge in [-0.3, -0.25) is 24.1 Å². The Balaban J connectivity index is 1.50. The van der Waals surface area contributed by atoms with Gasteiger partial charge >= 0.3 is 5.69 Å². The molecule has 0 bridgehead atoms. The van der Waals surface area contributed by atoms with Crippen molar-refractivity contribution in [2.75, 3.05) is 6.61 Å². The highest BCUT2D eigenvalue weighted by Gasteiger charge is 2.39. The molecule has 0 saturated carbocycles. The lowest BCUT2D eigenvalue weighted by atomic mass is 9.97. The van der Waals surface area contributed by atoms with Gasteiger partial charge in [0.1, 0.15) is 24.0 Å². The third kappa shape index (κ3) is 4.10. The number of carbonyl (C=O) groups is 1. The number of carbonyl (C=O) groups excluding carboxylic acids is 1. The van der Waals surface area contributed by atoms with Crippen LogP contribution in [0, 0.1) is 6.92 Å². The van der Waals surface area contributed by atoms with Crippen LogP contribution in [0.3, 0.4) is 0 Å². The first-order chi connectivity index (χ1) is 14.8. The summed E-state index contributed by atoms with van der Waals surface area (Å²) < 4.78 is 6.93. The van der Waals surface area contributed by atoms with E-state index in [0.717, 1.165) is 0 Å². The number of benzene rings is 1. The van der Waals surface area contributed by atoms with Crippen LogP contribution >= 0.6 is 0 Å². The molecule has 4 rings (SSSR count). The Kier molecular flexibility index (Phi) is 5.63. The predicted octanol–water partition coefficient (Wildman–Crippen LogP) is -1.29. The Morgan fingerprint density at radius 3 is 2.74 bits per heavy atom. The zero-order chi connectivity index (χ0) is 22.1. The Bertz CT molecular complexity index is 1220. The molecule has 1 aliphatic heterocycles. The summed E-state index contributed by atoms with van der Waals surface area (Å²) in [4.78, 5) is 46.9. The maximum absolute atomic E-state index is 12.3.